The predicted octanol–water partition coefficient (Wildman–Crippen LogP) is 2.77. The summed E-state index contributed by atoms with van der Waals surface area (Å²) in [6, 6.07) is 18.1. The van der Waals surface area contributed by atoms with E-state index in [1.54, 1.807) is 51.5 Å². The molecular weight excluding hydrogens is 490 g/mol. The van der Waals surface area contributed by atoms with Crippen molar-refractivity contribution in [2.24, 2.45) is 5.92 Å². The van der Waals surface area contributed by atoms with Crippen LogP contribution in [-0.4, -0.2) is 62.2 Å². The van der Waals surface area contributed by atoms with Gasteiger partial charge in [0.1, 0.15) is 17.6 Å². The molecule has 1 saturated carbocycles. The molecule has 9 heteroatoms. The third kappa shape index (κ3) is 2.97. The van der Waals surface area contributed by atoms with Gasteiger partial charge in [-0.3, -0.25) is 4.79 Å². The largest absolute Gasteiger partial charge is 0.497 e. The zero-order chi connectivity index (χ0) is 26.8. The van der Waals surface area contributed by atoms with Gasteiger partial charge in [-0.15, -0.1) is 0 Å². The summed E-state index contributed by atoms with van der Waals surface area (Å²) >= 11 is 0. The van der Waals surface area contributed by atoms with Crippen LogP contribution in [0.5, 0.6) is 28.7 Å². The maximum absolute atomic E-state index is 13.7. The molecule has 0 radical (unpaired) electrons. The van der Waals surface area contributed by atoms with Gasteiger partial charge in [-0.2, -0.15) is 0 Å². The number of fused-ring (bicyclic) bond motifs is 4. The maximum Gasteiger partial charge on any atom is 0.231 e. The Morgan fingerprint density at radius 1 is 1.00 bits per heavy atom. The van der Waals surface area contributed by atoms with Gasteiger partial charge in [0, 0.05) is 26.1 Å². The van der Waals surface area contributed by atoms with E-state index in [0.717, 1.165) is 5.56 Å². The van der Waals surface area contributed by atoms with Crippen molar-refractivity contribution in [3.05, 3.63) is 77.4 Å². The van der Waals surface area contributed by atoms with Crippen molar-refractivity contribution in [2.75, 3.05) is 35.1 Å². The standard InChI is InChI=1S/C29H29NO8/c1-30(2)27(32)21-22(16-8-6-5-7-9-16)29(17-10-12-18(34-3)13-11-17)28(33,26(21)31)23-19(38-29)14-20-24(25(23)35-4)37-15-36-20/h5-14,21-22,26,31,33H,15H2,1-4H3/t21-,22-,26-,28+,29+/m1/s1. The molecule has 0 aromatic heterocycles. The molecule has 3 aliphatic rings. The second-order valence-corrected chi connectivity index (χ2v) is 9.94. The minimum atomic E-state index is -2.11. The summed E-state index contributed by atoms with van der Waals surface area (Å²) in [6.07, 6.45) is -1.57. The van der Waals surface area contributed by atoms with Crippen LogP contribution in [0.4, 0.5) is 0 Å². The van der Waals surface area contributed by atoms with Crippen molar-refractivity contribution < 1.29 is 38.7 Å². The summed E-state index contributed by atoms with van der Waals surface area (Å²) in [7, 11) is 6.27. The van der Waals surface area contributed by atoms with Gasteiger partial charge in [0.2, 0.25) is 18.4 Å². The fraction of sp³-hybridized carbons (Fsp3) is 0.345. The lowest BCUT2D eigenvalue weighted by Crippen LogP contribution is -2.52. The molecular formula is C29H29NO8. The Morgan fingerprint density at radius 3 is 2.34 bits per heavy atom. The fourth-order valence-electron chi connectivity index (χ4n) is 6.40. The van der Waals surface area contributed by atoms with Crippen LogP contribution in [0.3, 0.4) is 0 Å². The zero-order valence-electron chi connectivity index (χ0n) is 21.5. The van der Waals surface area contributed by atoms with E-state index in [9.17, 15) is 15.0 Å². The van der Waals surface area contributed by atoms with Crippen LogP contribution in [0.1, 0.15) is 22.6 Å². The Kier molecular flexibility index (Phi) is 5.48. The third-order valence-corrected chi connectivity index (χ3v) is 7.97. The van der Waals surface area contributed by atoms with E-state index in [4.69, 9.17) is 23.7 Å². The molecule has 38 heavy (non-hydrogen) atoms. The molecule has 9 nitrogen and oxygen atoms in total. The zero-order valence-corrected chi connectivity index (χ0v) is 21.5. The number of hydrogen-bond acceptors (Lipinski definition) is 8. The summed E-state index contributed by atoms with van der Waals surface area (Å²) in [5, 5.41) is 25.0. The number of benzene rings is 3. The molecule has 0 bridgehead atoms. The van der Waals surface area contributed by atoms with E-state index in [-0.39, 0.29) is 29.8 Å². The van der Waals surface area contributed by atoms with Crippen LogP contribution in [0.25, 0.3) is 0 Å². The van der Waals surface area contributed by atoms with Crippen molar-refractivity contribution >= 4 is 5.91 Å². The number of amides is 1. The first-order chi connectivity index (χ1) is 18.3. The Labute approximate surface area is 220 Å². The summed E-state index contributed by atoms with van der Waals surface area (Å²) in [4.78, 5) is 15.2. The van der Waals surface area contributed by atoms with Crippen molar-refractivity contribution in [3.63, 3.8) is 0 Å². The number of carbonyl (C=O) groups excluding carboxylic acids is 1. The van der Waals surface area contributed by atoms with Gasteiger partial charge in [0.05, 0.1) is 25.7 Å². The smallest absolute Gasteiger partial charge is 0.231 e. The normalized spacial score (nSPS) is 28.3. The van der Waals surface area contributed by atoms with Gasteiger partial charge >= 0.3 is 0 Å². The van der Waals surface area contributed by atoms with Gasteiger partial charge in [-0.1, -0.05) is 42.5 Å². The minimum Gasteiger partial charge on any atom is -0.497 e. The number of nitrogens with zero attached hydrogens (tertiary/aromatic N) is 1. The molecule has 0 spiro atoms. The molecule has 0 saturated heterocycles. The second kappa shape index (κ2) is 8.54. The second-order valence-electron chi connectivity index (χ2n) is 9.94. The Bertz CT molecular complexity index is 1390. The average Bonchev–Trinajstić information content (AvgIpc) is 3.56. The molecule has 2 N–H and O–H groups in total. The number of hydrogen-bond donors (Lipinski definition) is 2. The lowest BCUT2D eigenvalue weighted by molar-refractivity contribution is -0.156. The molecule has 3 aromatic carbocycles. The highest BCUT2D eigenvalue weighted by Gasteiger charge is 2.78. The van der Waals surface area contributed by atoms with Crippen molar-refractivity contribution in [2.45, 2.75) is 23.2 Å². The molecule has 5 atom stereocenters. The van der Waals surface area contributed by atoms with E-state index in [2.05, 4.69) is 0 Å². The lowest BCUT2D eigenvalue weighted by atomic mass is 9.70. The highest BCUT2D eigenvalue weighted by molar-refractivity contribution is 5.83. The summed E-state index contributed by atoms with van der Waals surface area (Å²) in [5.41, 5.74) is -2.24. The van der Waals surface area contributed by atoms with Gasteiger partial charge in [0.15, 0.2) is 22.7 Å². The number of rotatable bonds is 5. The average molecular weight is 520 g/mol. The minimum absolute atomic E-state index is 0.0203. The predicted molar refractivity (Wildman–Crippen MR) is 136 cm³/mol. The summed E-state index contributed by atoms with van der Waals surface area (Å²) in [5.74, 6) is -0.397. The molecule has 0 unspecified atom stereocenters. The van der Waals surface area contributed by atoms with Crippen molar-refractivity contribution in [1.82, 2.24) is 4.90 Å². The van der Waals surface area contributed by atoms with Crippen LogP contribution in [-0.2, 0) is 16.0 Å². The van der Waals surface area contributed by atoms with Crippen LogP contribution in [0.2, 0.25) is 0 Å². The van der Waals surface area contributed by atoms with Gasteiger partial charge in [-0.25, -0.2) is 0 Å². The SMILES string of the molecule is COc1ccc([C@@]23Oc4cc5c(c(OC)c4[C@]2(O)[C@H](O)[C@H](C(=O)N(C)C)[C@H]3c2ccccc2)OCO5)cc1. The van der Waals surface area contributed by atoms with E-state index in [1.165, 1.54) is 12.0 Å². The van der Waals surface area contributed by atoms with E-state index in [0.29, 0.717) is 22.8 Å². The monoisotopic (exact) mass is 519 g/mol. The molecule has 6 rings (SSSR count). The molecule has 198 valence electrons. The number of carbonyl (C=O) groups is 1. The highest BCUT2D eigenvalue weighted by Crippen LogP contribution is 2.71. The summed E-state index contributed by atoms with van der Waals surface area (Å²) < 4.78 is 29.2. The van der Waals surface area contributed by atoms with Crippen molar-refractivity contribution in [1.29, 1.82) is 0 Å². The third-order valence-electron chi connectivity index (χ3n) is 7.97. The first-order valence-corrected chi connectivity index (χ1v) is 12.3. The number of aliphatic hydroxyl groups excluding tert-OH is 1. The molecule has 2 heterocycles. The van der Waals surface area contributed by atoms with Gasteiger partial charge < -0.3 is 38.8 Å². The van der Waals surface area contributed by atoms with Crippen LogP contribution < -0.4 is 23.7 Å². The molecule has 1 aliphatic carbocycles. The number of ether oxygens (including phenoxy) is 5. The first-order valence-electron chi connectivity index (χ1n) is 12.3. The topological polar surface area (TPSA) is 107 Å². The Balaban J connectivity index is 1.71. The quantitative estimate of drug-likeness (QED) is 0.530. The van der Waals surface area contributed by atoms with E-state index in [1.807, 2.05) is 30.3 Å². The van der Waals surface area contributed by atoms with Crippen molar-refractivity contribution in [3.8, 4) is 28.7 Å². The van der Waals surface area contributed by atoms with E-state index < -0.39 is 29.1 Å². The van der Waals surface area contributed by atoms with Crippen LogP contribution >= 0.6 is 0 Å². The summed E-state index contributed by atoms with van der Waals surface area (Å²) in [6.45, 7) is -0.0203. The first kappa shape index (κ1) is 24.4. The van der Waals surface area contributed by atoms with E-state index >= 15 is 0 Å². The maximum atomic E-state index is 13.7. The molecule has 1 amide bonds. The highest BCUT2D eigenvalue weighted by atomic mass is 16.7. The Morgan fingerprint density at radius 2 is 1.71 bits per heavy atom. The van der Waals surface area contributed by atoms with Gasteiger partial charge in [-0.05, 0) is 23.3 Å². The van der Waals surface area contributed by atoms with Crippen LogP contribution in [0.15, 0.2) is 60.7 Å². The molecule has 1 fully saturated rings. The fourth-order valence-corrected chi connectivity index (χ4v) is 6.40. The molecule has 3 aromatic rings. The van der Waals surface area contributed by atoms with Crippen LogP contribution in [0, 0.1) is 5.92 Å². The Hall–Kier alpha value is -3.95. The number of methoxy groups -OCH3 is 2. The molecule has 2 aliphatic heterocycles. The van der Waals surface area contributed by atoms with Gasteiger partial charge in [0.25, 0.3) is 0 Å². The lowest BCUT2D eigenvalue weighted by Gasteiger charge is -2.41. The number of aliphatic hydroxyl groups is 2.